The first-order valence-electron chi connectivity index (χ1n) is 12.0. The predicted octanol–water partition coefficient (Wildman–Crippen LogP) is 4.67. The van der Waals surface area contributed by atoms with E-state index in [2.05, 4.69) is 111 Å². The molecule has 0 aliphatic heterocycles. The number of hydrogen-bond donors (Lipinski definition) is 0. The summed E-state index contributed by atoms with van der Waals surface area (Å²) in [6, 6.07) is 16.9. The summed E-state index contributed by atoms with van der Waals surface area (Å²) in [5, 5.41) is 14.0. The number of hydrogen-bond acceptors (Lipinski definition) is 5. The van der Waals surface area contributed by atoms with Gasteiger partial charge in [0, 0.05) is 36.0 Å². The fraction of sp³-hybridized carbons (Fsp3) is 0.370. The summed E-state index contributed by atoms with van der Waals surface area (Å²) in [5.41, 5.74) is 7.75. The van der Waals surface area contributed by atoms with Gasteiger partial charge >= 0.3 is 0 Å². The number of rotatable bonds is 10. The molecule has 0 radical (unpaired) electrons. The van der Waals surface area contributed by atoms with Crippen molar-refractivity contribution in [2.45, 2.75) is 68.1 Å². The van der Waals surface area contributed by atoms with E-state index in [1.807, 2.05) is 30.1 Å². The monoisotopic (exact) mass is 472 g/mol. The first-order valence-corrected chi connectivity index (χ1v) is 12.0. The Bertz CT molecular complexity index is 1230. The normalized spacial score (nSPS) is 11.5. The van der Waals surface area contributed by atoms with Gasteiger partial charge in [-0.15, -0.1) is 0 Å². The number of aromatic nitrogens is 6. The average molecular weight is 473 g/mol. The van der Waals surface area contributed by atoms with E-state index in [4.69, 9.17) is 0 Å². The third kappa shape index (κ3) is 6.41. The number of benzene rings is 1. The molecule has 184 valence electrons. The van der Waals surface area contributed by atoms with E-state index in [1.165, 1.54) is 5.56 Å². The molecule has 0 saturated carbocycles. The zero-order chi connectivity index (χ0) is 24.9. The van der Waals surface area contributed by atoms with Gasteiger partial charge in [-0.25, -0.2) is 14.0 Å². The van der Waals surface area contributed by atoms with Crippen molar-refractivity contribution in [2.75, 3.05) is 0 Å². The van der Waals surface area contributed by atoms with Crippen LogP contribution in [0.1, 0.15) is 39.7 Å². The molecule has 0 amide bonds. The third-order valence-corrected chi connectivity index (χ3v) is 5.97. The van der Waals surface area contributed by atoms with Crippen LogP contribution in [0.3, 0.4) is 0 Å². The molecule has 3 aromatic heterocycles. The second kappa shape index (κ2) is 10.6. The summed E-state index contributed by atoms with van der Waals surface area (Å²) in [6.07, 6.45) is 4.29. The van der Waals surface area contributed by atoms with Crippen LogP contribution < -0.4 is 0 Å². The Kier molecular flexibility index (Phi) is 7.39. The highest BCUT2D eigenvalue weighted by molar-refractivity contribution is 5.15. The molecule has 35 heavy (non-hydrogen) atoms. The molecule has 0 aliphatic rings. The molecule has 4 aromatic rings. The van der Waals surface area contributed by atoms with Crippen molar-refractivity contribution in [2.24, 2.45) is 0 Å². The zero-order valence-corrected chi connectivity index (χ0v) is 21.7. The lowest BCUT2D eigenvalue weighted by Crippen LogP contribution is -2.28. The van der Waals surface area contributed by atoms with Crippen LogP contribution in [0.15, 0.2) is 60.9 Å². The summed E-state index contributed by atoms with van der Waals surface area (Å²) in [5.74, 6) is 0. The average Bonchev–Trinajstić information content (AvgIpc) is 3.41. The van der Waals surface area contributed by atoms with Crippen LogP contribution in [0, 0.1) is 41.5 Å². The van der Waals surface area contributed by atoms with E-state index in [1.54, 1.807) is 0 Å². The maximum Gasteiger partial charge on any atom is 0.113 e. The minimum atomic E-state index is 0.633. The molecule has 3 heterocycles. The SMILES string of the molecule is Cc1cc(C)n(CN(C=CN(Cn2nc(C)cc2C)Cn2nc(C)cc2C)Cc2ccccc2)n1. The van der Waals surface area contributed by atoms with E-state index in [9.17, 15) is 0 Å². The summed E-state index contributed by atoms with van der Waals surface area (Å²) < 4.78 is 6.12. The molecule has 8 nitrogen and oxygen atoms in total. The lowest BCUT2D eigenvalue weighted by molar-refractivity contribution is 0.208. The summed E-state index contributed by atoms with van der Waals surface area (Å²) >= 11 is 0. The molecule has 0 bridgehead atoms. The van der Waals surface area contributed by atoms with Crippen molar-refractivity contribution in [1.82, 2.24) is 39.1 Å². The van der Waals surface area contributed by atoms with Gasteiger partial charge in [0.05, 0.1) is 17.1 Å². The van der Waals surface area contributed by atoms with Gasteiger partial charge in [-0.2, -0.15) is 15.3 Å². The number of nitrogens with zero attached hydrogens (tertiary/aromatic N) is 8. The van der Waals surface area contributed by atoms with Gasteiger partial charge in [0.1, 0.15) is 20.0 Å². The molecule has 8 heteroatoms. The molecule has 1 aromatic carbocycles. The highest BCUT2D eigenvalue weighted by atomic mass is 15.4. The first kappa shape index (κ1) is 24.3. The quantitative estimate of drug-likeness (QED) is 0.336. The van der Waals surface area contributed by atoms with Crippen molar-refractivity contribution >= 4 is 0 Å². The molecular weight excluding hydrogens is 436 g/mol. The van der Waals surface area contributed by atoms with E-state index in [-0.39, 0.29) is 0 Å². The van der Waals surface area contributed by atoms with Crippen LogP contribution in [-0.4, -0.2) is 39.1 Å². The Morgan fingerprint density at radius 3 is 1.40 bits per heavy atom. The highest BCUT2D eigenvalue weighted by Crippen LogP contribution is 2.12. The van der Waals surface area contributed by atoms with Crippen LogP contribution in [0.2, 0.25) is 0 Å². The van der Waals surface area contributed by atoms with E-state index in [0.29, 0.717) is 20.0 Å². The maximum absolute atomic E-state index is 4.68. The maximum atomic E-state index is 4.68. The van der Waals surface area contributed by atoms with Gasteiger partial charge < -0.3 is 9.80 Å². The van der Waals surface area contributed by atoms with Crippen molar-refractivity contribution in [3.8, 4) is 0 Å². The Morgan fingerprint density at radius 2 is 1.00 bits per heavy atom. The Balaban J connectivity index is 1.61. The minimum Gasteiger partial charge on any atom is -0.353 e. The summed E-state index contributed by atoms with van der Waals surface area (Å²) in [6.45, 7) is 15.1. The van der Waals surface area contributed by atoms with E-state index >= 15 is 0 Å². The molecule has 0 fully saturated rings. The van der Waals surface area contributed by atoms with Crippen LogP contribution in [0.4, 0.5) is 0 Å². The van der Waals surface area contributed by atoms with E-state index in [0.717, 1.165) is 40.7 Å². The second-order valence-corrected chi connectivity index (χ2v) is 9.32. The lowest BCUT2D eigenvalue weighted by Gasteiger charge is -2.25. The molecule has 0 N–H and O–H groups in total. The fourth-order valence-corrected chi connectivity index (χ4v) is 4.27. The topological polar surface area (TPSA) is 59.9 Å². The minimum absolute atomic E-state index is 0.633. The Labute approximate surface area is 208 Å². The molecular formula is C27H36N8. The molecule has 0 saturated heterocycles. The van der Waals surface area contributed by atoms with Crippen LogP contribution in [-0.2, 0) is 26.6 Å². The van der Waals surface area contributed by atoms with Gasteiger partial charge in [0.25, 0.3) is 0 Å². The molecule has 4 rings (SSSR count). The number of aryl methyl sites for hydroxylation is 6. The smallest absolute Gasteiger partial charge is 0.113 e. The highest BCUT2D eigenvalue weighted by Gasteiger charge is 2.11. The first-order chi connectivity index (χ1) is 16.8. The van der Waals surface area contributed by atoms with Gasteiger partial charge in [0.2, 0.25) is 0 Å². The predicted molar refractivity (Wildman–Crippen MR) is 138 cm³/mol. The fourth-order valence-electron chi connectivity index (χ4n) is 4.27. The Morgan fingerprint density at radius 1 is 0.600 bits per heavy atom. The largest absolute Gasteiger partial charge is 0.353 e. The van der Waals surface area contributed by atoms with Gasteiger partial charge in [0.15, 0.2) is 0 Å². The van der Waals surface area contributed by atoms with Crippen LogP contribution in [0.25, 0.3) is 0 Å². The molecule has 0 aliphatic carbocycles. The molecule has 0 spiro atoms. The standard InChI is InChI=1S/C27H36N8/c1-21-14-24(4)33(28-21)18-31(17-27-10-8-7-9-11-27)12-13-32(19-34-25(5)15-22(2)29-34)20-35-26(6)16-23(3)30-35/h7-16H,17-20H2,1-6H3. The van der Waals surface area contributed by atoms with Gasteiger partial charge in [-0.1, -0.05) is 30.3 Å². The van der Waals surface area contributed by atoms with Crippen molar-refractivity contribution in [1.29, 1.82) is 0 Å². The lowest BCUT2D eigenvalue weighted by atomic mass is 10.2. The van der Waals surface area contributed by atoms with Gasteiger partial charge in [-0.05, 0) is 65.3 Å². The summed E-state index contributed by atoms with van der Waals surface area (Å²) in [4.78, 5) is 4.52. The van der Waals surface area contributed by atoms with Crippen LogP contribution in [0.5, 0.6) is 0 Å². The molecule has 0 atom stereocenters. The van der Waals surface area contributed by atoms with Crippen molar-refractivity contribution in [3.63, 3.8) is 0 Å². The van der Waals surface area contributed by atoms with Crippen LogP contribution >= 0.6 is 0 Å². The van der Waals surface area contributed by atoms with Crippen molar-refractivity contribution < 1.29 is 0 Å². The second-order valence-electron chi connectivity index (χ2n) is 9.32. The molecule has 0 unspecified atom stereocenters. The zero-order valence-electron chi connectivity index (χ0n) is 21.7. The summed E-state index contributed by atoms with van der Waals surface area (Å²) in [7, 11) is 0. The van der Waals surface area contributed by atoms with Gasteiger partial charge in [-0.3, -0.25) is 0 Å². The van der Waals surface area contributed by atoms with E-state index < -0.39 is 0 Å². The third-order valence-electron chi connectivity index (χ3n) is 5.97. The van der Waals surface area contributed by atoms with Crippen molar-refractivity contribution in [3.05, 3.63) is 101 Å². The Hall–Kier alpha value is -3.81.